The molecule has 6 nitrogen and oxygen atoms in total. The van der Waals surface area contributed by atoms with Crippen LogP contribution in [0.25, 0.3) is 55.8 Å². The Balaban J connectivity index is 1.16. The molecule has 0 saturated heterocycles. The van der Waals surface area contributed by atoms with Gasteiger partial charge in [-0.05, 0) is 18.2 Å². The van der Waals surface area contributed by atoms with Crippen molar-refractivity contribution in [3.63, 3.8) is 0 Å². The zero-order chi connectivity index (χ0) is 69.2. The van der Waals surface area contributed by atoms with E-state index >= 15 is 0 Å². The summed E-state index contributed by atoms with van der Waals surface area (Å²) in [5.74, 6) is -0.476. The Kier molecular flexibility index (Phi) is 9.32. The van der Waals surface area contributed by atoms with Crippen molar-refractivity contribution in [1.29, 1.82) is 0 Å². The Labute approximate surface area is 500 Å². The van der Waals surface area contributed by atoms with Crippen LogP contribution in [0.1, 0.15) is 87.1 Å². The van der Waals surface area contributed by atoms with Crippen LogP contribution >= 0.6 is 0 Å². The second kappa shape index (κ2) is 20.9. The Morgan fingerprint density at radius 3 is 1.91 bits per heavy atom. The number of para-hydroxylation sites is 5. The molecule has 0 saturated carbocycles. The van der Waals surface area contributed by atoms with Crippen LogP contribution in [-0.4, -0.2) is 21.1 Å². The van der Waals surface area contributed by atoms with Gasteiger partial charge in [0.1, 0.15) is 0 Å². The van der Waals surface area contributed by atoms with Gasteiger partial charge in [-0.3, -0.25) is 0 Å². The van der Waals surface area contributed by atoms with E-state index in [-0.39, 0.29) is 44.8 Å². The van der Waals surface area contributed by atoms with E-state index in [0.717, 1.165) is 22.4 Å². The van der Waals surface area contributed by atoms with E-state index in [9.17, 15) is 6.85 Å². The van der Waals surface area contributed by atoms with Gasteiger partial charge < -0.3 is 0 Å². The second-order valence-corrected chi connectivity index (χ2v) is 22.4. The molecule has 0 unspecified atom stereocenters. The molecule has 0 atom stereocenters. The molecule has 3 heterocycles. The number of nitrogens with zero attached hydrogens (tertiary/aromatic N) is 5. The van der Waals surface area contributed by atoms with Crippen molar-refractivity contribution in [2.75, 3.05) is 9.62 Å². The Bertz CT molecular complexity index is 4980. The molecule has 79 heavy (non-hydrogen) atoms. The Morgan fingerprint density at radius 1 is 0.557 bits per heavy atom. The number of fused-ring (bicyclic) bond motifs is 2. The predicted molar refractivity (Wildman–Crippen MR) is 327 cm³/mol. The van der Waals surface area contributed by atoms with Crippen molar-refractivity contribution < 1.29 is 47.4 Å². The van der Waals surface area contributed by atoms with E-state index in [1.807, 2.05) is 147 Å². The molecular weight excluding hydrogens is 1140 g/mol. The van der Waals surface area contributed by atoms with E-state index in [2.05, 4.69) is 44.9 Å². The van der Waals surface area contributed by atoms with Gasteiger partial charge in [-0.15, -0.1) is 0 Å². The monoisotopic (exact) mass is 1230 g/mol. The minimum absolute atomic E-state index is 0.123. The molecule has 0 aliphatic carbocycles. The van der Waals surface area contributed by atoms with E-state index in [1.54, 1.807) is 45.0 Å². The molecule has 9 aromatic carbocycles. The molecule has 0 radical (unpaired) electrons. The Hall–Kier alpha value is -8.25. The molecule has 1 aliphatic heterocycles. The summed E-state index contributed by atoms with van der Waals surface area (Å²) in [5.41, 5.74) is 3.93. The topological polar surface area (TPSA) is 38.5 Å². The van der Waals surface area contributed by atoms with Gasteiger partial charge in [0.2, 0.25) is 0 Å². The summed E-state index contributed by atoms with van der Waals surface area (Å²) in [6.07, 6.45) is -2.08. The number of aromatic nitrogens is 3. The van der Waals surface area contributed by atoms with Crippen LogP contribution in [0.2, 0.25) is 0 Å². The van der Waals surface area contributed by atoms with Crippen LogP contribution in [0, 0.1) is 22.9 Å². The molecule has 2 aromatic heterocycles. The van der Waals surface area contributed by atoms with Crippen LogP contribution < -0.4 is 19.8 Å². The summed E-state index contributed by atoms with van der Waals surface area (Å²) in [5, 5.41) is 0. The standard InChI is InChI=1S/C71H64BN5O.Pt/c1-49-25-18-19-34-58(49)59-41-42-67(77-65-38-23-22-37-64(65)76(56-32-16-11-17-33-56)72(77)55-30-14-10-15-31-55)73-69(59)78-66-46-57(40-39-50(66)2)74-48-75(63-36-21-20-35-62(63)74)68-60(52-26-12-9-13-27-52)43-51(47-70(3,4)5)44-61(68)53-28-24-29-54(45-53)71(6,7)8;/h9-46H,47H2,1-8H3;/i1D3,2D3,9D,12D,13D,18D,19D,25D,26D,27D,34D,47D2;. The third-order valence-corrected chi connectivity index (χ3v) is 14.9. The van der Waals surface area contributed by atoms with Crippen LogP contribution in [0.3, 0.4) is 0 Å². The number of hydrogen-bond acceptors (Lipinski definition) is 4. The fraction of sp³-hybridized carbons (Fsp3) is 0.155. The van der Waals surface area contributed by atoms with Crippen molar-refractivity contribution in [2.45, 2.75) is 67.0 Å². The van der Waals surface area contributed by atoms with Crippen molar-refractivity contribution in [1.82, 2.24) is 14.1 Å². The summed E-state index contributed by atoms with van der Waals surface area (Å²) in [7, 11) is 0. The quantitative estimate of drug-likeness (QED) is 0.121. The summed E-state index contributed by atoms with van der Waals surface area (Å²) < 4.78 is 166. The summed E-state index contributed by atoms with van der Waals surface area (Å²) in [4.78, 5) is 9.34. The maximum absolute atomic E-state index is 9.78. The zero-order valence-corrected chi connectivity index (χ0v) is 46.6. The van der Waals surface area contributed by atoms with Gasteiger partial charge in [0.25, 0.3) is 0 Å². The van der Waals surface area contributed by atoms with Gasteiger partial charge in [0, 0.05) is 5.69 Å². The Morgan fingerprint density at radius 2 is 1.20 bits per heavy atom. The third kappa shape index (κ3) is 9.91. The first kappa shape index (κ1) is 35.3. The fourth-order valence-electron chi connectivity index (χ4n) is 10.4. The number of hydrogen-bond donors (Lipinski definition) is 0. The molecule has 0 amide bonds. The van der Waals surface area contributed by atoms with Crippen molar-refractivity contribution in [3.05, 3.63) is 256 Å². The average molecular weight is 1230 g/mol. The normalized spacial score (nSPS) is 16.2. The van der Waals surface area contributed by atoms with Crippen LogP contribution in [0.4, 0.5) is 22.9 Å². The molecule has 0 N–H and O–H groups in total. The molecule has 1 aliphatic rings. The third-order valence-electron chi connectivity index (χ3n) is 13.9. The van der Waals surface area contributed by atoms with E-state index in [0.29, 0.717) is 43.0 Å². The first-order valence-electron chi connectivity index (χ1n) is 34.4. The number of anilines is 4. The van der Waals surface area contributed by atoms with Gasteiger partial charge >= 0.3 is 417 Å². The fourth-order valence-corrected chi connectivity index (χ4v) is 11.5. The molecule has 11 aromatic rings. The second-order valence-electron chi connectivity index (χ2n) is 21.4. The van der Waals surface area contributed by atoms with Crippen LogP contribution in [0.5, 0.6) is 11.6 Å². The molecule has 8 heteroatoms. The van der Waals surface area contributed by atoms with E-state index in [4.69, 9.17) is 26.2 Å². The van der Waals surface area contributed by atoms with Crippen molar-refractivity contribution in [3.8, 4) is 56.4 Å². The van der Waals surface area contributed by atoms with Gasteiger partial charge in [-0.1, -0.05) is 60.7 Å². The number of benzene rings is 9. The molecule has 0 bridgehead atoms. The average Bonchev–Trinajstić information content (AvgIpc) is 1.47. The SMILES string of the molecule is [2H]c1c([2H])c([2H])c(-c2cc(C([2H])([2H])C(C)(C)C)cc(-c3cccc(C(C)(C)C)c3)c2-n2[c](=[Pt])n(-c3ccc(C([2H])([2H])[2H])c(Oc4nc(N5B(c6ccccc6)N(c6ccccc6)c6ccccc65)ccc4-c4c([2H])c([2H])c([2H])c([2H])c4C([2H])([2H])[2H])c3)c3ccccc32)c([2H])c1[2H]. The predicted octanol–water partition coefficient (Wildman–Crippen LogP) is 17.9. The number of imidazole rings is 1. The molecule has 12 rings (SSSR count). The first-order valence-corrected chi connectivity index (χ1v) is 27.0. The zero-order valence-electron chi connectivity index (χ0n) is 61.3. The van der Waals surface area contributed by atoms with Crippen molar-refractivity contribution >= 4 is 46.4 Å². The van der Waals surface area contributed by atoms with Gasteiger partial charge in [-0.25, -0.2) is 0 Å². The molecule has 392 valence electrons. The summed E-state index contributed by atoms with van der Waals surface area (Å²) >= 11 is 2.13. The van der Waals surface area contributed by atoms with Crippen molar-refractivity contribution in [2.24, 2.45) is 5.41 Å². The van der Waals surface area contributed by atoms with Crippen LogP contribution in [-0.2, 0) is 31.1 Å². The maximum atomic E-state index is 9.78. The molecular formula is C71H64BN5OPt. The van der Waals surface area contributed by atoms with E-state index in [1.165, 1.54) is 18.2 Å². The first-order chi connectivity index (χ1) is 45.1. The number of ether oxygens (including phenoxy) is 1. The number of aryl methyl sites for hydroxylation is 1. The molecule has 0 spiro atoms. The van der Waals surface area contributed by atoms with Crippen LogP contribution in [0.15, 0.2) is 230 Å². The summed E-state index contributed by atoms with van der Waals surface area (Å²) in [6, 6.07) is 47.2. The number of rotatable bonds is 11. The van der Waals surface area contributed by atoms with Gasteiger partial charge in [0.05, 0.1) is 1.37 Å². The summed E-state index contributed by atoms with van der Waals surface area (Å²) in [6.45, 7) is 4.83. The van der Waals surface area contributed by atoms with E-state index < -0.39 is 104 Å². The van der Waals surface area contributed by atoms with Gasteiger partial charge in [0.15, 0.2) is 0 Å². The van der Waals surface area contributed by atoms with Gasteiger partial charge in [-0.2, -0.15) is 0 Å². The minimum atomic E-state index is -3.13. The number of pyridine rings is 1. The molecule has 0 fully saturated rings.